The molecule has 0 bridgehead atoms. The number of carbonyl (C=O) groups excluding carboxylic acids is 1. The van der Waals surface area contributed by atoms with E-state index in [0.29, 0.717) is 11.0 Å². The van der Waals surface area contributed by atoms with Crippen LogP contribution in [0.2, 0.25) is 0 Å². The van der Waals surface area contributed by atoms with Crippen LogP contribution in [0.4, 0.5) is 0 Å². The van der Waals surface area contributed by atoms with Crippen LogP contribution in [0.5, 0.6) is 0 Å². The van der Waals surface area contributed by atoms with E-state index in [0.717, 1.165) is 5.56 Å². The molecule has 0 heterocycles. The number of aliphatic carboxylic acids is 1. The van der Waals surface area contributed by atoms with Crippen LogP contribution in [-0.2, 0) is 9.59 Å². The van der Waals surface area contributed by atoms with E-state index in [1.54, 1.807) is 6.08 Å². The van der Waals surface area contributed by atoms with Crippen molar-refractivity contribution in [3.8, 4) is 0 Å². The number of rotatable bonds is 7. The molecule has 0 aliphatic carbocycles. The number of thioether (sulfide) groups is 1. The fourth-order valence-corrected chi connectivity index (χ4v) is 2.22. The molecular weight excluding hydrogens is 274 g/mol. The van der Waals surface area contributed by atoms with Gasteiger partial charge in [0.25, 0.3) is 0 Å². The van der Waals surface area contributed by atoms with Gasteiger partial charge in [0, 0.05) is 11.8 Å². The number of hydrogen-bond donors (Lipinski definition) is 2. The summed E-state index contributed by atoms with van der Waals surface area (Å²) in [4.78, 5) is 22.8. The summed E-state index contributed by atoms with van der Waals surface area (Å²) in [5.74, 6) is -1.05. The van der Waals surface area contributed by atoms with E-state index < -0.39 is 17.9 Å². The van der Waals surface area contributed by atoms with E-state index in [2.05, 4.69) is 5.32 Å². The van der Waals surface area contributed by atoms with Crippen molar-refractivity contribution in [1.29, 1.82) is 0 Å². The quantitative estimate of drug-likeness (QED) is 0.758. The minimum atomic E-state index is -1.01. The molecule has 0 aromatic heterocycles. The fourth-order valence-electron chi connectivity index (χ4n) is 1.42. The topological polar surface area (TPSA) is 66.4 Å². The lowest BCUT2D eigenvalue weighted by atomic mass is 10.2. The summed E-state index contributed by atoms with van der Waals surface area (Å²) >= 11 is 1.50. The van der Waals surface area contributed by atoms with Gasteiger partial charge in [0.1, 0.15) is 6.04 Å². The Morgan fingerprint density at radius 3 is 2.50 bits per heavy atom. The van der Waals surface area contributed by atoms with Gasteiger partial charge in [-0.05, 0) is 16.9 Å². The second-order valence-electron chi connectivity index (χ2n) is 4.53. The lowest BCUT2D eigenvalue weighted by Gasteiger charge is -2.14. The van der Waals surface area contributed by atoms with Crippen molar-refractivity contribution < 1.29 is 14.7 Å². The number of benzene rings is 1. The van der Waals surface area contributed by atoms with Gasteiger partial charge in [0.05, 0.1) is 0 Å². The van der Waals surface area contributed by atoms with Crippen LogP contribution in [0.1, 0.15) is 19.4 Å². The summed E-state index contributed by atoms with van der Waals surface area (Å²) < 4.78 is 0. The maximum Gasteiger partial charge on any atom is 0.327 e. The third-order valence-electron chi connectivity index (χ3n) is 2.44. The van der Waals surface area contributed by atoms with E-state index in [1.165, 1.54) is 17.8 Å². The molecule has 0 fully saturated rings. The second kappa shape index (κ2) is 8.43. The molecule has 1 aromatic rings. The van der Waals surface area contributed by atoms with E-state index in [1.807, 2.05) is 44.2 Å². The van der Waals surface area contributed by atoms with Crippen LogP contribution in [0.3, 0.4) is 0 Å². The zero-order chi connectivity index (χ0) is 15.0. The minimum Gasteiger partial charge on any atom is -0.480 e. The maximum atomic E-state index is 11.7. The predicted octanol–water partition coefficient (Wildman–Crippen LogP) is 2.41. The molecule has 0 saturated heterocycles. The third kappa shape index (κ3) is 6.43. The van der Waals surface area contributed by atoms with Crippen molar-refractivity contribution >= 4 is 29.7 Å². The second-order valence-corrected chi connectivity index (χ2v) is 6.13. The molecule has 0 radical (unpaired) electrons. The van der Waals surface area contributed by atoms with Gasteiger partial charge >= 0.3 is 5.97 Å². The Bertz CT molecular complexity index is 471. The normalized spacial score (nSPS) is 12.6. The number of carboxylic acids is 1. The lowest BCUT2D eigenvalue weighted by Crippen LogP contribution is -2.42. The average molecular weight is 293 g/mol. The molecule has 2 N–H and O–H groups in total. The Labute approximate surface area is 123 Å². The lowest BCUT2D eigenvalue weighted by molar-refractivity contribution is -0.140. The monoisotopic (exact) mass is 293 g/mol. The molecule has 1 rings (SSSR count). The van der Waals surface area contributed by atoms with Gasteiger partial charge < -0.3 is 10.4 Å². The highest BCUT2D eigenvalue weighted by atomic mass is 32.2. The van der Waals surface area contributed by atoms with Crippen LogP contribution in [0.15, 0.2) is 36.4 Å². The Kier molecular flexibility index (Phi) is 6.87. The van der Waals surface area contributed by atoms with Crippen LogP contribution < -0.4 is 5.32 Å². The van der Waals surface area contributed by atoms with Crippen molar-refractivity contribution in [1.82, 2.24) is 5.32 Å². The molecule has 1 aromatic carbocycles. The molecule has 20 heavy (non-hydrogen) atoms. The summed E-state index contributed by atoms with van der Waals surface area (Å²) in [7, 11) is 0. The fraction of sp³-hybridized carbons (Fsp3) is 0.333. The van der Waals surface area contributed by atoms with Gasteiger partial charge in [0.15, 0.2) is 0 Å². The van der Waals surface area contributed by atoms with Gasteiger partial charge in [-0.3, -0.25) is 4.79 Å². The average Bonchev–Trinajstić information content (AvgIpc) is 2.41. The zero-order valence-corrected chi connectivity index (χ0v) is 12.4. The SMILES string of the molecule is CC(C)SCC(NC(=O)C=Cc1ccccc1)C(=O)O. The number of amides is 1. The molecule has 5 heteroatoms. The largest absolute Gasteiger partial charge is 0.480 e. The highest BCUT2D eigenvalue weighted by Crippen LogP contribution is 2.10. The van der Waals surface area contributed by atoms with Crippen LogP contribution in [0, 0.1) is 0 Å². The van der Waals surface area contributed by atoms with Gasteiger partial charge in [-0.25, -0.2) is 4.79 Å². The molecule has 1 atom stereocenters. The third-order valence-corrected chi connectivity index (χ3v) is 3.63. The molecule has 0 aliphatic heterocycles. The van der Waals surface area contributed by atoms with Crippen LogP contribution in [-0.4, -0.2) is 34.0 Å². The van der Waals surface area contributed by atoms with Crippen molar-refractivity contribution in [2.24, 2.45) is 0 Å². The summed E-state index contributed by atoms with van der Waals surface area (Å²) in [6.45, 7) is 3.97. The highest BCUT2D eigenvalue weighted by Gasteiger charge is 2.19. The molecule has 1 unspecified atom stereocenters. The van der Waals surface area contributed by atoms with Gasteiger partial charge in [0.2, 0.25) is 5.91 Å². The van der Waals surface area contributed by atoms with Crippen molar-refractivity contribution in [3.05, 3.63) is 42.0 Å². The summed E-state index contributed by atoms with van der Waals surface area (Å²) in [5, 5.41) is 11.9. The number of nitrogens with one attached hydrogen (secondary N) is 1. The molecule has 108 valence electrons. The summed E-state index contributed by atoms with van der Waals surface area (Å²) in [5.41, 5.74) is 0.895. The summed E-state index contributed by atoms with van der Waals surface area (Å²) in [6.07, 6.45) is 3.01. The first kappa shape index (κ1) is 16.3. The number of hydrogen-bond acceptors (Lipinski definition) is 3. The smallest absolute Gasteiger partial charge is 0.327 e. The Balaban J connectivity index is 2.53. The summed E-state index contributed by atoms with van der Waals surface area (Å²) in [6, 6.07) is 8.50. The predicted molar refractivity (Wildman–Crippen MR) is 82.6 cm³/mol. The van der Waals surface area contributed by atoms with E-state index in [4.69, 9.17) is 5.11 Å². The number of carboxylic acid groups (broad SMARTS) is 1. The molecular formula is C15H19NO3S. The van der Waals surface area contributed by atoms with Crippen molar-refractivity contribution in [2.75, 3.05) is 5.75 Å². The van der Waals surface area contributed by atoms with E-state index >= 15 is 0 Å². The zero-order valence-electron chi connectivity index (χ0n) is 11.6. The first-order valence-corrected chi connectivity index (χ1v) is 7.42. The Morgan fingerprint density at radius 2 is 1.95 bits per heavy atom. The first-order valence-electron chi connectivity index (χ1n) is 6.37. The van der Waals surface area contributed by atoms with E-state index in [-0.39, 0.29) is 0 Å². The van der Waals surface area contributed by atoms with Crippen LogP contribution in [0.25, 0.3) is 6.08 Å². The Hall–Kier alpha value is -1.75. The van der Waals surface area contributed by atoms with Gasteiger partial charge in [-0.15, -0.1) is 0 Å². The van der Waals surface area contributed by atoms with Crippen LogP contribution >= 0.6 is 11.8 Å². The minimum absolute atomic E-state index is 0.327. The molecule has 0 spiro atoms. The van der Waals surface area contributed by atoms with Crippen molar-refractivity contribution in [2.45, 2.75) is 25.1 Å². The molecule has 0 saturated carbocycles. The maximum absolute atomic E-state index is 11.7. The standard InChI is InChI=1S/C15H19NO3S/c1-11(2)20-10-13(15(18)19)16-14(17)9-8-12-6-4-3-5-7-12/h3-9,11,13H,10H2,1-2H3,(H,16,17)(H,18,19). The molecule has 0 aliphatic rings. The number of carbonyl (C=O) groups is 2. The Morgan fingerprint density at radius 1 is 1.30 bits per heavy atom. The molecule has 1 amide bonds. The first-order chi connectivity index (χ1) is 9.49. The molecule has 4 nitrogen and oxygen atoms in total. The van der Waals surface area contributed by atoms with Gasteiger partial charge in [-0.2, -0.15) is 11.8 Å². The highest BCUT2D eigenvalue weighted by molar-refractivity contribution is 7.99. The van der Waals surface area contributed by atoms with E-state index in [9.17, 15) is 9.59 Å². The van der Waals surface area contributed by atoms with Gasteiger partial charge in [-0.1, -0.05) is 44.2 Å². The van der Waals surface area contributed by atoms with Crippen molar-refractivity contribution in [3.63, 3.8) is 0 Å².